The zero-order chi connectivity index (χ0) is 7.40. The second kappa shape index (κ2) is 3.22. The van der Waals surface area contributed by atoms with E-state index in [0.717, 1.165) is 17.7 Å². The molecule has 0 bridgehead atoms. The van der Waals surface area contributed by atoms with Crippen LogP contribution >= 0.6 is 0 Å². The van der Waals surface area contributed by atoms with Crippen molar-refractivity contribution in [3.8, 4) is 0 Å². The third kappa shape index (κ3) is 1.48. The quantitative estimate of drug-likeness (QED) is 0.642. The lowest BCUT2D eigenvalue weighted by atomic mass is 10.3. The molecular formula is C8H10O2. The van der Waals surface area contributed by atoms with Crippen LogP contribution in [0.15, 0.2) is 29.4 Å². The van der Waals surface area contributed by atoms with Gasteiger partial charge in [0.05, 0.1) is 12.9 Å². The first kappa shape index (κ1) is 7.09. The van der Waals surface area contributed by atoms with Crippen molar-refractivity contribution in [1.82, 2.24) is 0 Å². The molecule has 0 aliphatic heterocycles. The van der Waals surface area contributed by atoms with Gasteiger partial charge in [-0.3, -0.25) is 0 Å². The fourth-order valence-electron chi connectivity index (χ4n) is 0.758. The predicted octanol–water partition coefficient (Wildman–Crippen LogP) is 1.50. The van der Waals surface area contributed by atoms with E-state index in [4.69, 9.17) is 9.52 Å². The van der Waals surface area contributed by atoms with Gasteiger partial charge in [0.1, 0.15) is 5.76 Å². The normalized spacial score (nSPS) is 9.70. The fraction of sp³-hybridized carbons (Fsp3) is 0.250. The van der Waals surface area contributed by atoms with Crippen molar-refractivity contribution < 1.29 is 9.52 Å². The van der Waals surface area contributed by atoms with Crippen LogP contribution in [-0.4, -0.2) is 5.11 Å². The molecule has 0 aliphatic rings. The Morgan fingerprint density at radius 1 is 1.70 bits per heavy atom. The van der Waals surface area contributed by atoms with Gasteiger partial charge in [-0.05, 0) is 6.07 Å². The largest absolute Gasteiger partial charge is 0.469 e. The van der Waals surface area contributed by atoms with Crippen molar-refractivity contribution in [2.75, 3.05) is 0 Å². The minimum atomic E-state index is 0.0423. The average molecular weight is 138 g/mol. The Morgan fingerprint density at radius 3 is 3.00 bits per heavy atom. The predicted molar refractivity (Wildman–Crippen MR) is 38.5 cm³/mol. The smallest absolute Gasteiger partial charge is 0.107 e. The average Bonchev–Trinajstić information content (AvgIpc) is 2.37. The molecule has 1 aromatic heterocycles. The van der Waals surface area contributed by atoms with Gasteiger partial charge in [-0.2, -0.15) is 0 Å². The molecule has 1 heterocycles. The summed E-state index contributed by atoms with van der Waals surface area (Å²) >= 11 is 0. The highest BCUT2D eigenvalue weighted by Crippen LogP contribution is 2.07. The lowest BCUT2D eigenvalue weighted by molar-refractivity contribution is 0.280. The molecule has 2 nitrogen and oxygen atoms in total. The summed E-state index contributed by atoms with van der Waals surface area (Å²) in [7, 11) is 0. The van der Waals surface area contributed by atoms with Crippen molar-refractivity contribution in [1.29, 1.82) is 0 Å². The van der Waals surface area contributed by atoms with Crippen molar-refractivity contribution in [3.63, 3.8) is 0 Å². The molecule has 54 valence electrons. The molecule has 1 N–H and O–H groups in total. The molecule has 0 saturated heterocycles. The van der Waals surface area contributed by atoms with Crippen LogP contribution in [0, 0.1) is 0 Å². The molecule has 0 aliphatic carbocycles. The van der Waals surface area contributed by atoms with Crippen LogP contribution in [-0.2, 0) is 13.0 Å². The first-order valence-electron chi connectivity index (χ1n) is 3.15. The zero-order valence-electron chi connectivity index (χ0n) is 5.71. The molecule has 0 atom stereocenters. The fourth-order valence-corrected chi connectivity index (χ4v) is 0.758. The maximum atomic E-state index is 8.63. The van der Waals surface area contributed by atoms with E-state index < -0.39 is 0 Å². The molecule has 0 fully saturated rings. The van der Waals surface area contributed by atoms with E-state index >= 15 is 0 Å². The molecule has 2 heteroatoms. The number of hydrogen-bond acceptors (Lipinski definition) is 2. The van der Waals surface area contributed by atoms with Crippen LogP contribution in [0.5, 0.6) is 0 Å². The van der Waals surface area contributed by atoms with Crippen molar-refractivity contribution >= 4 is 0 Å². The van der Waals surface area contributed by atoms with Gasteiger partial charge < -0.3 is 9.52 Å². The standard InChI is InChI=1S/C8H10O2/c1-2-3-8-4-7(5-9)6-10-8/h2,4,6,9H,1,3,5H2. The van der Waals surface area contributed by atoms with Gasteiger partial charge in [-0.15, -0.1) is 6.58 Å². The molecular weight excluding hydrogens is 128 g/mol. The van der Waals surface area contributed by atoms with Crippen LogP contribution in [0.4, 0.5) is 0 Å². The Hall–Kier alpha value is -1.02. The molecule has 1 rings (SSSR count). The number of aliphatic hydroxyl groups excluding tert-OH is 1. The van der Waals surface area contributed by atoms with Crippen LogP contribution in [0.3, 0.4) is 0 Å². The molecule has 0 saturated carbocycles. The van der Waals surface area contributed by atoms with Gasteiger partial charge in [0.2, 0.25) is 0 Å². The topological polar surface area (TPSA) is 33.4 Å². The number of hydrogen-bond donors (Lipinski definition) is 1. The van der Waals surface area contributed by atoms with Gasteiger partial charge in [-0.25, -0.2) is 0 Å². The molecule has 0 amide bonds. The Labute approximate surface area is 59.8 Å². The molecule has 0 unspecified atom stereocenters. The van der Waals surface area contributed by atoms with Crippen LogP contribution < -0.4 is 0 Å². The Bertz CT molecular complexity index is 213. The van der Waals surface area contributed by atoms with E-state index in [1.165, 1.54) is 0 Å². The minimum absolute atomic E-state index is 0.0423. The van der Waals surface area contributed by atoms with Gasteiger partial charge in [0.15, 0.2) is 0 Å². The number of aliphatic hydroxyl groups is 1. The summed E-state index contributed by atoms with van der Waals surface area (Å²) in [6.07, 6.45) is 4.04. The number of allylic oxidation sites excluding steroid dienone is 1. The SMILES string of the molecule is C=CCc1cc(CO)co1. The summed E-state index contributed by atoms with van der Waals surface area (Å²) in [4.78, 5) is 0. The lowest BCUT2D eigenvalue weighted by Crippen LogP contribution is -1.75. The summed E-state index contributed by atoms with van der Waals surface area (Å²) in [5, 5.41) is 8.63. The van der Waals surface area contributed by atoms with E-state index in [9.17, 15) is 0 Å². The monoisotopic (exact) mass is 138 g/mol. The summed E-state index contributed by atoms with van der Waals surface area (Å²) < 4.78 is 5.06. The first-order valence-corrected chi connectivity index (χ1v) is 3.15. The Morgan fingerprint density at radius 2 is 2.50 bits per heavy atom. The lowest BCUT2D eigenvalue weighted by Gasteiger charge is -1.83. The van der Waals surface area contributed by atoms with Crippen molar-refractivity contribution in [3.05, 3.63) is 36.3 Å². The second-order valence-electron chi connectivity index (χ2n) is 2.07. The highest BCUT2D eigenvalue weighted by atomic mass is 16.3. The van der Waals surface area contributed by atoms with Crippen LogP contribution in [0.2, 0.25) is 0 Å². The zero-order valence-corrected chi connectivity index (χ0v) is 5.71. The summed E-state index contributed by atoms with van der Waals surface area (Å²) in [5.41, 5.74) is 0.817. The molecule has 0 aromatic carbocycles. The van der Waals surface area contributed by atoms with Crippen molar-refractivity contribution in [2.24, 2.45) is 0 Å². The molecule has 10 heavy (non-hydrogen) atoms. The number of furan rings is 1. The Kier molecular flexibility index (Phi) is 2.29. The molecule has 0 radical (unpaired) electrons. The molecule has 0 spiro atoms. The third-order valence-corrected chi connectivity index (χ3v) is 1.24. The van der Waals surface area contributed by atoms with Gasteiger partial charge in [0.25, 0.3) is 0 Å². The molecule has 1 aromatic rings. The van der Waals surface area contributed by atoms with Gasteiger partial charge >= 0.3 is 0 Å². The second-order valence-corrected chi connectivity index (χ2v) is 2.07. The highest BCUT2D eigenvalue weighted by molar-refractivity contribution is 5.13. The van der Waals surface area contributed by atoms with E-state index in [1.807, 2.05) is 6.07 Å². The highest BCUT2D eigenvalue weighted by Gasteiger charge is 1.96. The van der Waals surface area contributed by atoms with Gasteiger partial charge in [0, 0.05) is 12.0 Å². The summed E-state index contributed by atoms with van der Waals surface area (Å²) in [5.74, 6) is 0.846. The minimum Gasteiger partial charge on any atom is -0.469 e. The maximum Gasteiger partial charge on any atom is 0.107 e. The van der Waals surface area contributed by atoms with Crippen molar-refractivity contribution in [2.45, 2.75) is 13.0 Å². The summed E-state index contributed by atoms with van der Waals surface area (Å²) in [6.45, 7) is 3.61. The Balaban J connectivity index is 2.67. The van der Waals surface area contributed by atoms with E-state index in [0.29, 0.717) is 0 Å². The van der Waals surface area contributed by atoms with E-state index in [2.05, 4.69) is 6.58 Å². The van der Waals surface area contributed by atoms with Crippen LogP contribution in [0.1, 0.15) is 11.3 Å². The summed E-state index contributed by atoms with van der Waals surface area (Å²) in [6, 6.07) is 1.82. The van der Waals surface area contributed by atoms with E-state index in [-0.39, 0.29) is 6.61 Å². The maximum absolute atomic E-state index is 8.63. The van der Waals surface area contributed by atoms with Gasteiger partial charge in [-0.1, -0.05) is 6.08 Å². The van der Waals surface area contributed by atoms with Crippen LogP contribution in [0.25, 0.3) is 0 Å². The number of rotatable bonds is 3. The van der Waals surface area contributed by atoms with E-state index in [1.54, 1.807) is 12.3 Å². The first-order chi connectivity index (χ1) is 4.86. The third-order valence-electron chi connectivity index (χ3n) is 1.24.